The Morgan fingerprint density at radius 2 is 1.55 bits per heavy atom. The van der Waals surface area contributed by atoms with E-state index in [1.54, 1.807) is 13.8 Å². The van der Waals surface area contributed by atoms with Crippen molar-refractivity contribution >= 4 is 5.97 Å². The summed E-state index contributed by atoms with van der Waals surface area (Å²) in [6, 6.07) is 17.3. The van der Waals surface area contributed by atoms with Gasteiger partial charge in [0.2, 0.25) is 0 Å². The molecule has 2 N–H and O–H groups in total. The molecule has 1 atom stereocenters. The number of benzene rings is 2. The summed E-state index contributed by atoms with van der Waals surface area (Å²) in [5.74, 6) is -1.21. The number of aliphatic hydroxyl groups excluding tert-OH is 1. The molecule has 0 aliphatic carbocycles. The maximum absolute atomic E-state index is 11.1. The minimum Gasteiger partial charge on any atom is -0.479 e. The average molecular weight is 270 g/mol. The molecule has 0 heterocycles. The van der Waals surface area contributed by atoms with Crippen LogP contribution < -0.4 is 0 Å². The van der Waals surface area contributed by atoms with Crippen molar-refractivity contribution in [1.29, 1.82) is 0 Å². The molecule has 0 aromatic heterocycles. The van der Waals surface area contributed by atoms with Crippen LogP contribution in [0.2, 0.25) is 0 Å². The van der Waals surface area contributed by atoms with Crippen molar-refractivity contribution in [2.75, 3.05) is 0 Å². The fourth-order valence-electron chi connectivity index (χ4n) is 2.37. The topological polar surface area (TPSA) is 57.5 Å². The Bertz CT molecular complexity index is 603. The number of carboxylic acids is 1. The quantitative estimate of drug-likeness (QED) is 0.897. The van der Waals surface area contributed by atoms with E-state index in [1.165, 1.54) is 0 Å². The lowest BCUT2D eigenvalue weighted by Crippen LogP contribution is -2.40. The second kappa shape index (κ2) is 5.47. The van der Waals surface area contributed by atoms with Gasteiger partial charge in [-0.3, -0.25) is 0 Å². The molecule has 104 valence electrons. The van der Waals surface area contributed by atoms with Crippen molar-refractivity contribution in [3.05, 3.63) is 60.2 Å². The normalized spacial score (nSPS) is 12.9. The van der Waals surface area contributed by atoms with Crippen LogP contribution in [0.4, 0.5) is 0 Å². The van der Waals surface area contributed by atoms with Crippen molar-refractivity contribution in [2.45, 2.75) is 25.4 Å². The van der Waals surface area contributed by atoms with Crippen LogP contribution in [0.5, 0.6) is 0 Å². The minimum atomic E-state index is -1.45. The van der Waals surface area contributed by atoms with Gasteiger partial charge in [-0.1, -0.05) is 68.4 Å². The number of rotatable bonds is 4. The van der Waals surface area contributed by atoms with Crippen molar-refractivity contribution in [2.24, 2.45) is 0 Å². The Labute approximate surface area is 118 Å². The maximum atomic E-state index is 11.1. The Morgan fingerprint density at radius 1 is 1.00 bits per heavy atom. The van der Waals surface area contributed by atoms with E-state index in [2.05, 4.69) is 0 Å². The zero-order valence-corrected chi connectivity index (χ0v) is 11.6. The van der Waals surface area contributed by atoms with Crippen molar-refractivity contribution in [1.82, 2.24) is 0 Å². The zero-order valence-electron chi connectivity index (χ0n) is 11.6. The summed E-state index contributed by atoms with van der Waals surface area (Å²) in [6.45, 7) is 3.49. The Balaban J connectivity index is 2.56. The van der Waals surface area contributed by atoms with Gasteiger partial charge < -0.3 is 10.2 Å². The Hall–Kier alpha value is -2.13. The number of hydrogen-bond donors (Lipinski definition) is 2. The molecule has 2 aromatic carbocycles. The second-order valence-electron chi connectivity index (χ2n) is 5.37. The van der Waals surface area contributed by atoms with E-state index in [4.69, 9.17) is 5.11 Å². The summed E-state index contributed by atoms with van der Waals surface area (Å²) >= 11 is 0. The van der Waals surface area contributed by atoms with Crippen LogP contribution in [-0.4, -0.2) is 22.3 Å². The molecule has 0 aliphatic heterocycles. The van der Waals surface area contributed by atoms with E-state index in [0.717, 1.165) is 16.7 Å². The molecule has 3 nitrogen and oxygen atoms in total. The highest BCUT2D eigenvalue weighted by molar-refractivity contribution is 5.77. The van der Waals surface area contributed by atoms with Crippen LogP contribution >= 0.6 is 0 Å². The fraction of sp³-hybridized carbons (Fsp3) is 0.235. The molecular formula is C17H18O3. The lowest BCUT2D eigenvalue weighted by atomic mass is 9.76. The summed E-state index contributed by atoms with van der Waals surface area (Å²) in [5.41, 5.74) is 1.89. The second-order valence-corrected chi connectivity index (χ2v) is 5.37. The summed E-state index contributed by atoms with van der Waals surface area (Å²) in [6.07, 6.45) is -1.45. The van der Waals surface area contributed by atoms with Gasteiger partial charge >= 0.3 is 5.97 Å². The number of hydrogen-bond acceptors (Lipinski definition) is 2. The molecule has 0 saturated heterocycles. The monoisotopic (exact) mass is 270 g/mol. The van der Waals surface area contributed by atoms with E-state index >= 15 is 0 Å². The molecule has 2 rings (SSSR count). The van der Waals surface area contributed by atoms with Gasteiger partial charge in [0.05, 0.1) is 0 Å². The highest BCUT2D eigenvalue weighted by atomic mass is 16.4. The summed E-state index contributed by atoms with van der Waals surface area (Å²) in [7, 11) is 0. The molecule has 1 unspecified atom stereocenters. The molecule has 2 aromatic rings. The SMILES string of the molecule is CC(C)(c1ccccc1-c1ccccc1)C(O)C(=O)O. The van der Waals surface area contributed by atoms with E-state index in [-0.39, 0.29) is 0 Å². The maximum Gasteiger partial charge on any atom is 0.333 e. The first-order valence-electron chi connectivity index (χ1n) is 6.50. The number of aliphatic hydroxyl groups is 1. The van der Waals surface area contributed by atoms with E-state index in [9.17, 15) is 9.90 Å². The van der Waals surface area contributed by atoms with Gasteiger partial charge in [0.25, 0.3) is 0 Å². The minimum absolute atomic E-state index is 0.820. The lowest BCUT2D eigenvalue weighted by Gasteiger charge is -2.30. The van der Waals surface area contributed by atoms with Crippen LogP contribution in [0.25, 0.3) is 11.1 Å². The summed E-state index contributed by atoms with van der Waals surface area (Å²) < 4.78 is 0. The molecule has 0 fully saturated rings. The predicted octanol–water partition coefficient (Wildman–Crippen LogP) is 3.08. The Morgan fingerprint density at radius 3 is 2.15 bits per heavy atom. The molecule has 0 amide bonds. The molecule has 0 saturated carbocycles. The van der Waals surface area contributed by atoms with Crippen LogP contribution in [0.15, 0.2) is 54.6 Å². The van der Waals surface area contributed by atoms with Crippen LogP contribution in [-0.2, 0) is 10.2 Å². The van der Waals surface area contributed by atoms with Crippen molar-refractivity contribution < 1.29 is 15.0 Å². The highest BCUT2D eigenvalue weighted by Gasteiger charge is 2.36. The average Bonchev–Trinajstić information content (AvgIpc) is 2.47. The first-order chi connectivity index (χ1) is 9.44. The van der Waals surface area contributed by atoms with Crippen molar-refractivity contribution in [3.63, 3.8) is 0 Å². The van der Waals surface area contributed by atoms with E-state index in [1.807, 2.05) is 54.6 Å². The standard InChI is InChI=1S/C17H18O3/c1-17(2,15(18)16(19)20)14-11-7-6-10-13(14)12-8-4-3-5-9-12/h3-11,15,18H,1-2H3,(H,19,20). The van der Waals surface area contributed by atoms with Crippen LogP contribution in [0.1, 0.15) is 19.4 Å². The Kier molecular flexibility index (Phi) is 3.91. The van der Waals surface area contributed by atoms with Gasteiger partial charge in [-0.05, 0) is 16.7 Å². The van der Waals surface area contributed by atoms with Gasteiger partial charge in [0, 0.05) is 5.41 Å². The fourth-order valence-corrected chi connectivity index (χ4v) is 2.37. The van der Waals surface area contributed by atoms with Gasteiger partial charge in [-0.15, -0.1) is 0 Å². The first-order valence-corrected chi connectivity index (χ1v) is 6.50. The molecule has 0 spiro atoms. The third-order valence-electron chi connectivity index (χ3n) is 3.62. The summed E-state index contributed by atoms with van der Waals surface area (Å²) in [4.78, 5) is 11.1. The van der Waals surface area contributed by atoms with Gasteiger partial charge in [0.15, 0.2) is 6.10 Å². The number of aliphatic carboxylic acids is 1. The lowest BCUT2D eigenvalue weighted by molar-refractivity contribution is -0.150. The van der Waals surface area contributed by atoms with Crippen LogP contribution in [0, 0.1) is 0 Å². The molecule has 3 heteroatoms. The molecule has 0 radical (unpaired) electrons. The molecule has 0 bridgehead atoms. The van der Waals surface area contributed by atoms with Crippen molar-refractivity contribution in [3.8, 4) is 11.1 Å². The third-order valence-corrected chi connectivity index (χ3v) is 3.62. The smallest absolute Gasteiger partial charge is 0.333 e. The van der Waals surface area contributed by atoms with E-state index in [0.29, 0.717) is 0 Å². The predicted molar refractivity (Wildman–Crippen MR) is 78.5 cm³/mol. The highest BCUT2D eigenvalue weighted by Crippen LogP contribution is 2.35. The van der Waals surface area contributed by atoms with Crippen LogP contribution in [0.3, 0.4) is 0 Å². The molecule has 0 aliphatic rings. The van der Waals surface area contributed by atoms with E-state index < -0.39 is 17.5 Å². The molecule has 20 heavy (non-hydrogen) atoms. The summed E-state index contributed by atoms with van der Waals surface area (Å²) in [5, 5.41) is 19.1. The van der Waals surface area contributed by atoms with Gasteiger partial charge in [-0.25, -0.2) is 4.79 Å². The van der Waals surface area contributed by atoms with Gasteiger partial charge in [-0.2, -0.15) is 0 Å². The zero-order chi connectivity index (χ0) is 14.8. The third kappa shape index (κ3) is 2.58. The molecular weight excluding hydrogens is 252 g/mol. The van der Waals surface area contributed by atoms with Gasteiger partial charge in [0.1, 0.15) is 0 Å². The largest absolute Gasteiger partial charge is 0.479 e. The number of carboxylic acid groups (broad SMARTS) is 1. The first kappa shape index (κ1) is 14.3. The number of carbonyl (C=O) groups is 1.